The minimum Gasteiger partial charge on any atom is -0.325 e. The minimum atomic E-state index is -0.538. The standard InChI is InChI=1S/C18H18Cl3N3O2/c1-11(18(26)23-16-8-13(20)7-14(21)9-16)24(2)10-17(25)22-15-5-3-12(19)4-6-15/h3-9,11H,10H2,1-2H3,(H,22,25)(H,23,26)/t11-/m0/s1. The summed E-state index contributed by atoms with van der Waals surface area (Å²) in [6, 6.07) is 11.0. The average molecular weight is 415 g/mol. The molecule has 8 heteroatoms. The third kappa shape index (κ3) is 6.18. The van der Waals surface area contributed by atoms with Crippen molar-refractivity contribution in [3.8, 4) is 0 Å². The van der Waals surface area contributed by atoms with E-state index in [0.717, 1.165) is 0 Å². The number of likely N-dealkylation sites (N-methyl/N-ethyl adjacent to an activating group) is 1. The van der Waals surface area contributed by atoms with Crippen LogP contribution in [0.2, 0.25) is 15.1 Å². The molecule has 2 rings (SSSR count). The van der Waals surface area contributed by atoms with Gasteiger partial charge < -0.3 is 10.6 Å². The maximum atomic E-state index is 12.4. The number of benzene rings is 2. The number of nitrogens with zero attached hydrogens (tertiary/aromatic N) is 1. The molecular formula is C18H18Cl3N3O2. The van der Waals surface area contributed by atoms with Crippen LogP contribution in [0, 0.1) is 0 Å². The van der Waals surface area contributed by atoms with Gasteiger partial charge in [-0.3, -0.25) is 14.5 Å². The zero-order chi connectivity index (χ0) is 19.3. The highest BCUT2D eigenvalue weighted by molar-refractivity contribution is 6.35. The number of amides is 2. The maximum absolute atomic E-state index is 12.4. The second kappa shape index (κ2) is 9.24. The average Bonchev–Trinajstić information content (AvgIpc) is 2.55. The van der Waals surface area contributed by atoms with Crippen molar-refractivity contribution in [2.75, 3.05) is 24.2 Å². The first-order chi connectivity index (χ1) is 12.2. The number of carbonyl (C=O) groups is 2. The molecule has 0 aromatic heterocycles. The largest absolute Gasteiger partial charge is 0.325 e. The van der Waals surface area contributed by atoms with Gasteiger partial charge in [0.2, 0.25) is 11.8 Å². The first-order valence-electron chi connectivity index (χ1n) is 7.77. The second-order valence-electron chi connectivity index (χ2n) is 5.79. The number of carbonyl (C=O) groups excluding carboxylic acids is 2. The van der Waals surface area contributed by atoms with E-state index in [1.165, 1.54) is 0 Å². The lowest BCUT2D eigenvalue weighted by Gasteiger charge is -2.23. The molecular weight excluding hydrogens is 397 g/mol. The lowest BCUT2D eigenvalue weighted by molar-refractivity contribution is -0.122. The molecule has 0 aliphatic rings. The molecule has 5 nitrogen and oxygen atoms in total. The molecule has 0 saturated heterocycles. The molecule has 2 aromatic rings. The third-order valence-corrected chi connectivity index (χ3v) is 4.38. The van der Waals surface area contributed by atoms with Crippen LogP contribution >= 0.6 is 34.8 Å². The van der Waals surface area contributed by atoms with Gasteiger partial charge >= 0.3 is 0 Å². The van der Waals surface area contributed by atoms with Gasteiger partial charge in [0.25, 0.3) is 0 Å². The summed E-state index contributed by atoms with van der Waals surface area (Å²) in [5, 5.41) is 6.93. The van der Waals surface area contributed by atoms with E-state index in [1.54, 1.807) is 61.3 Å². The van der Waals surface area contributed by atoms with E-state index in [0.29, 0.717) is 26.4 Å². The minimum absolute atomic E-state index is 0.0491. The van der Waals surface area contributed by atoms with Crippen LogP contribution in [0.1, 0.15) is 6.92 Å². The summed E-state index contributed by atoms with van der Waals surface area (Å²) in [6.45, 7) is 1.75. The van der Waals surface area contributed by atoms with Crippen molar-refractivity contribution in [2.45, 2.75) is 13.0 Å². The molecule has 2 amide bonds. The van der Waals surface area contributed by atoms with E-state index in [2.05, 4.69) is 10.6 Å². The Morgan fingerprint density at radius 3 is 2.08 bits per heavy atom. The normalized spacial score (nSPS) is 11.9. The Hall–Kier alpha value is -1.79. The molecule has 0 spiro atoms. The number of nitrogens with one attached hydrogen (secondary N) is 2. The smallest absolute Gasteiger partial charge is 0.241 e. The number of halogens is 3. The molecule has 1 atom stereocenters. The molecule has 2 N–H and O–H groups in total. The van der Waals surface area contributed by atoms with Crippen LogP contribution < -0.4 is 10.6 Å². The molecule has 2 aromatic carbocycles. The lowest BCUT2D eigenvalue weighted by Crippen LogP contribution is -2.43. The summed E-state index contributed by atoms with van der Waals surface area (Å²) in [7, 11) is 1.69. The van der Waals surface area contributed by atoms with Crippen LogP contribution in [-0.4, -0.2) is 36.3 Å². The van der Waals surface area contributed by atoms with Crippen molar-refractivity contribution >= 4 is 58.0 Å². The predicted octanol–water partition coefficient (Wildman–Crippen LogP) is 4.54. The monoisotopic (exact) mass is 413 g/mol. The van der Waals surface area contributed by atoms with Crippen LogP contribution in [0.3, 0.4) is 0 Å². The molecule has 0 radical (unpaired) electrons. The van der Waals surface area contributed by atoms with E-state index in [-0.39, 0.29) is 18.4 Å². The van der Waals surface area contributed by atoms with Gasteiger partial charge in [0, 0.05) is 26.4 Å². The summed E-state index contributed by atoms with van der Waals surface area (Å²) in [6.07, 6.45) is 0. The fraction of sp³-hybridized carbons (Fsp3) is 0.222. The fourth-order valence-corrected chi connectivity index (χ4v) is 2.82. The molecule has 0 heterocycles. The summed E-state index contributed by atoms with van der Waals surface area (Å²) in [5.41, 5.74) is 1.14. The first-order valence-corrected chi connectivity index (χ1v) is 8.90. The second-order valence-corrected chi connectivity index (χ2v) is 7.10. The number of hydrogen-bond acceptors (Lipinski definition) is 3. The van der Waals surface area contributed by atoms with E-state index in [1.807, 2.05) is 0 Å². The number of rotatable bonds is 6. The summed E-state index contributed by atoms with van der Waals surface area (Å²) < 4.78 is 0. The molecule has 0 unspecified atom stereocenters. The molecule has 0 fully saturated rings. The zero-order valence-corrected chi connectivity index (χ0v) is 16.5. The van der Waals surface area contributed by atoms with Crippen LogP contribution in [0.5, 0.6) is 0 Å². The van der Waals surface area contributed by atoms with Crippen LogP contribution in [0.4, 0.5) is 11.4 Å². The van der Waals surface area contributed by atoms with Gasteiger partial charge in [-0.15, -0.1) is 0 Å². The van der Waals surface area contributed by atoms with Gasteiger partial charge in [-0.25, -0.2) is 0 Å². The Balaban J connectivity index is 1.90. The van der Waals surface area contributed by atoms with E-state index >= 15 is 0 Å². The Morgan fingerprint density at radius 1 is 0.923 bits per heavy atom. The molecule has 0 saturated carbocycles. The van der Waals surface area contributed by atoms with Crippen molar-refractivity contribution in [3.05, 3.63) is 57.5 Å². The van der Waals surface area contributed by atoms with Crippen molar-refractivity contribution < 1.29 is 9.59 Å². The third-order valence-electron chi connectivity index (χ3n) is 3.69. The molecule has 26 heavy (non-hydrogen) atoms. The van der Waals surface area contributed by atoms with Gasteiger partial charge in [0.05, 0.1) is 12.6 Å². The first kappa shape index (κ1) is 20.5. The summed E-state index contributed by atoms with van der Waals surface area (Å²) >= 11 is 17.7. The van der Waals surface area contributed by atoms with Crippen molar-refractivity contribution in [2.24, 2.45) is 0 Å². The number of hydrogen-bond donors (Lipinski definition) is 2. The van der Waals surface area contributed by atoms with Crippen LogP contribution in [0.15, 0.2) is 42.5 Å². The molecule has 0 aliphatic carbocycles. The van der Waals surface area contributed by atoms with Crippen molar-refractivity contribution in [1.29, 1.82) is 0 Å². The van der Waals surface area contributed by atoms with Gasteiger partial charge in [-0.2, -0.15) is 0 Å². The highest BCUT2D eigenvalue weighted by atomic mass is 35.5. The van der Waals surface area contributed by atoms with Gasteiger partial charge in [-0.1, -0.05) is 34.8 Å². The Morgan fingerprint density at radius 2 is 1.50 bits per heavy atom. The lowest BCUT2D eigenvalue weighted by atomic mass is 10.2. The zero-order valence-electron chi connectivity index (χ0n) is 14.2. The van der Waals surface area contributed by atoms with Gasteiger partial charge in [0.15, 0.2) is 0 Å². The van der Waals surface area contributed by atoms with E-state index < -0.39 is 6.04 Å². The Labute approximate surface area is 167 Å². The topological polar surface area (TPSA) is 61.4 Å². The maximum Gasteiger partial charge on any atom is 0.241 e. The van der Waals surface area contributed by atoms with Crippen molar-refractivity contribution in [1.82, 2.24) is 4.90 Å². The molecule has 138 valence electrons. The quantitative estimate of drug-likeness (QED) is 0.729. The molecule has 0 aliphatic heterocycles. The highest BCUT2D eigenvalue weighted by Crippen LogP contribution is 2.22. The van der Waals surface area contributed by atoms with E-state index in [9.17, 15) is 9.59 Å². The number of anilines is 2. The Kier molecular flexibility index (Phi) is 7.29. The van der Waals surface area contributed by atoms with Gasteiger partial charge in [0.1, 0.15) is 0 Å². The molecule has 0 bridgehead atoms. The van der Waals surface area contributed by atoms with Crippen LogP contribution in [-0.2, 0) is 9.59 Å². The van der Waals surface area contributed by atoms with Crippen molar-refractivity contribution in [3.63, 3.8) is 0 Å². The predicted molar refractivity (Wildman–Crippen MR) is 107 cm³/mol. The fourth-order valence-electron chi connectivity index (χ4n) is 2.17. The summed E-state index contributed by atoms with van der Waals surface area (Å²) in [5.74, 6) is -0.509. The van der Waals surface area contributed by atoms with E-state index in [4.69, 9.17) is 34.8 Å². The van der Waals surface area contributed by atoms with Gasteiger partial charge in [-0.05, 0) is 56.4 Å². The summed E-state index contributed by atoms with van der Waals surface area (Å²) in [4.78, 5) is 26.1. The SMILES string of the molecule is C[C@@H](C(=O)Nc1cc(Cl)cc(Cl)c1)N(C)CC(=O)Nc1ccc(Cl)cc1. The van der Waals surface area contributed by atoms with Crippen LogP contribution in [0.25, 0.3) is 0 Å². The highest BCUT2D eigenvalue weighted by Gasteiger charge is 2.20. The Bertz CT molecular complexity index is 777.